The first kappa shape index (κ1) is 50.8. The minimum Gasteiger partial charge on any atom is -0.508 e. The van der Waals surface area contributed by atoms with Crippen LogP contribution in [-0.2, 0) is 52.4 Å². The zero-order valence-corrected chi connectivity index (χ0v) is 37.7. The van der Waals surface area contributed by atoms with Gasteiger partial charge in [0.05, 0.1) is 0 Å². The molecule has 62 heavy (non-hydrogen) atoms. The highest BCUT2D eigenvalue weighted by Gasteiger charge is 2.39. The smallest absolute Gasteiger partial charge is 0.326 e. The van der Waals surface area contributed by atoms with E-state index in [4.69, 9.17) is 0 Å². The lowest BCUT2D eigenvalue weighted by Crippen LogP contribution is -2.61. The monoisotopic (exact) mass is 883 g/mol. The number of hydrogen-bond acceptors (Lipinski definition) is 9. The molecular formula is C44H65N7O10S. The summed E-state index contributed by atoms with van der Waals surface area (Å²) < 4.78 is 12.2. The number of phenolic OH excluding ortho intramolecular Hbond substituents is 1. The molecule has 0 radical (unpaired) electrons. The number of likely N-dealkylation sites (N-methyl/N-ethyl adjacent to an activating group) is 2. The maximum absolute atomic E-state index is 14.5. The number of nitrogens with one attached hydrogen (secondary N) is 5. The molecule has 18 heteroatoms. The lowest BCUT2D eigenvalue weighted by Gasteiger charge is -2.36. The van der Waals surface area contributed by atoms with Crippen molar-refractivity contribution in [3.05, 3.63) is 65.7 Å². The molecule has 17 nitrogen and oxygen atoms in total. The van der Waals surface area contributed by atoms with Crippen LogP contribution < -0.4 is 26.6 Å². The second kappa shape index (κ2) is 24.8. The van der Waals surface area contributed by atoms with E-state index in [9.17, 15) is 48.0 Å². The fourth-order valence-electron chi connectivity index (χ4n) is 7.24. The van der Waals surface area contributed by atoms with Crippen molar-refractivity contribution in [1.82, 2.24) is 36.4 Å². The number of carbonyl (C=O) groups excluding carboxylic acids is 6. The molecule has 0 spiro atoms. The van der Waals surface area contributed by atoms with Crippen LogP contribution >= 0.6 is 0 Å². The summed E-state index contributed by atoms with van der Waals surface area (Å²) in [4.78, 5) is 99.0. The lowest BCUT2D eigenvalue weighted by atomic mass is 9.97. The average molecular weight is 884 g/mol. The lowest BCUT2D eigenvalue weighted by molar-refractivity contribution is -0.149. The molecule has 0 aliphatic carbocycles. The Labute approximate surface area is 367 Å². The highest BCUT2D eigenvalue weighted by atomic mass is 32.2. The van der Waals surface area contributed by atoms with Gasteiger partial charge in [-0.1, -0.05) is 70.2 Å². The maximum Gasteiger partial charge on any atom is 0.326 e. The van der Waals surface area contributed by atoms with E-state index >= 15 is 0 Å². The SMILES string of the molecule is CC(C)CC1NC(=O)[C@H](C(C)C)NC(=O)C(NC(=O)NC(Cc2ccccc2)C(=O)O)CCCCNC(=O)C(CCS(C)=O)N(C)C(=O)C(CCc2ccc(O)cc2)N(C)C1=O. The summed E-state index contributed by atoms with van der Waals surface area (Å²) in [5, 5.41) is 33.2. The zero-order valence-electron chi connectivity index (χ0n) is 36.8. The first-order valence-electron chi connectivity index (χ1n) is 21.1. The number of amides is 7. The van der Waals surface area contributed by atoms with Gasteiger partial charge in [0.2, 0.25) is 29.5 Å². The summed E-state index contributed by atoms with van der Waals surface area (Å²) >= 11 is 0. The Kier molecular flexibility index (Phi) is 20.3. The summed E-state index contributed by atoms with van der Waals surface area (Å²) in [6.45, 7) is 7.27. The topological polar surface area (TPSA) is 244 Å². The van der Waals surface area contributed by atoms with Crippen molar-refractivity contribution in [2.45, 2.75) is 115 Å². The van der Waals surface area contributed by atoms with Gasteiger partial charge in [0.15, 0.2) is 0 Å². The molecule has 1 aliphatic heterocycles. The van der Waals surface area contributed by atoms with Crippen molar-refractivity contribution in [3.8, 4) is 5.75 Å². The predicted molar refractivity (Wildman–Crippen MR) is 235 cm³/mol. The molecule has 7 atom stereocenters. The van der Waals surface area contributed by atoms with Crippen LogP contribution in [0.25, 0.3) is 0 Å². The van der Waals surface area contributed by atoms with Gasteiger partial charge < -0.3 is 46.6 Å². The largest absolute Gasteiger partial charge is 0.508 e. The van der Waals surface area contributed by atoms with Gasteiger partial charge in [0.1, 0.15) is 42.0 Å². The molecule has 1 aliphatic rings. The molecule has 0 bridgehead atoms. The number of carbonyl (C=O) groups is 7. The van der Waals surface area contributed by atoms with Gasteiger partial charge in [-0.2, -0.15) is 0 Å². The van der Waals surface area contributed by atoms with Gasteiger partial charge in [0.25, 0.3) is 0 Å². The van der Waals surface area contributed by atoms with Crippen LogP contribution in [0.1, 0.15) is 77.3 Å². The minimum atomic E-state index is -1.32. The first-order valence-corrected chi connectivity index (χ1v) is 22.8. The van der Waals surface area contributed by atoms with Crippen molar-refractivity contribution < 1.29 is 48.0 Å². The highest BCUT2D eigenvalue weighted by molar-refractivity contribution is 7.84. The summed E-state index contributed by atoms with van der Waals surface area (Å²) in [7, 11) is 1.63. The Bertz CT molecular complexity index is 1860. The Hall–Kier alpha value is -5.52. The van der Waals surface area contributed by atoms with Gasteiger partial charge in [-0.15, -0.1) is 0 Å². The number of aromatic hydroxyl groups is 1. The van der Waals surface area contributed by atoms with Crippen molar-refractivity contribution >= 4 is 52.3 Å². The van der Waals surface area contributed by atoms with Crippen molar-refractivity contribution in [3.63, 3.8) is 0 Å². The number of phenols is 1. The van der Waals surface area contributed by atoms with Gasteiger partial charge in [0, 0.05) is 49.9 Å². The number of aliphatic carboxylic acids is 1. The molecule has 7 amide bonds. The fraction of sp³-hybridized carbons (Fsp3) is 0.568. The number of hydrogen-bond donors (Lipinski definition) is 7. The average Bonchev–Trinajstić information content (AvgIpc) is 3.21. The standard InChI is InChI=1S/C44H65N7O10S/c1-27(2)25-33-41(56)51(6)36(21-18-29-16-19-31(52)20-17-29)42(57)50(5)35(22-24-62(7)61)39(54)45-23-12-11-15-32(38(53)49-37(28(3)4)40(55)46-33)47-44(60)48-34(43(58)59)26-30-13-9-8-10-14-30/h8-10,13-14,16-17,19-20,27-28,32-37,52H,11-12,15,18,21-26H2,1-7H3,(H,45,54)(H,46,55)(H,49,53)(H,58,59)(H2,47,48,60)/t32?,33?,34?,35?,36?,37-,62?/m0/s1. The van der Waals surface area contributed by atoms with E-state index in [2.05, 4.69) is 26.6 Å². The molecule has 1 fully saturated rings. The summed E-state index contributed by atoms with van der Waals surface area (Å²) in [6.07, 6.45) is 2.81. The molecule has 3 rings (SSSR count). The Morgan fingerprint density at radius 2 is 1.47 bits per heavy atom. The molecule has 1 saturated heterocycles. The van der Waals surface area contributed by atoms with Crippen LogP contribution in [-0.4, -0.2) is 135 Å². The second-order valence-corrected chi connectivity index (χ2v) is 18.2. The third-order valence-electron chi connectivity index (χ3n) is 10.8. The van der Waals surface area contributed by atoms with Crippen LogP contribution in [0.2, 0.25) is 0 Å². The van der Waals surface area contributed by atoms with Crippen LogP contribution in [0.15, 0.2) is 54.6 Å². The van der Waals surface area contributed by atoms with E-state index in [0.717, 1.165) is 5.56 Å². The van der Waals surface area contributed by atoms with Gasteiger partial charge >= 0.3 is 12.0 Å². The summed E-state index contributed by atoms with van der Waals surface area (Å²) in [6, 6.07) is 7.21. The number of nitrogens with zero attached hydrogens (tertiary/aromatic N) is 2. The molecule has 342 valence electrons. The van der Waals surface area contributed by atoms with E-state index in [-0.39, 0.29) is 62.5 Å². The van der Waals surface area contributed by atoms with Crippen LogP contribution in [0.3, 0.4) is 0 Å². The van der Waals surface area contributed by atoms with Gasteiger partial charge in [-0.25, -0.2) is 9.59 Å². The molecule has 2 aromatic carbocycles. The molecule has 2 aromatic rings. The van der Waals surface area contributed by atoms with Crippen molar-refractivity contribution in [2.75, 3.05) is 32.6 Å². The molecule has 1 heterocycles. The number of carboxylic acid groups (broad SMARTS) is 1. The summed E-state index contributed by atoms with van der Waals surface area (Å²) in [5.41, 5.74) is 1.45. The Balaban J connectivity index is 2.02. The fourth-order valence-corrected chi connectivity index (χ4v) is 7.79. The zero-order chi connectivity index (χ0) is 46.1. The van der Waals surface area contributed by atoms with Crippen LogP contribution in [0.5, 0.6) is 5.75 Å². The van der Waals surface area contributed by atoms with Gasteiger partial charge in [-0.3, -0.25) is 28.2 Å². The molecule has 0 aromatic heterocycles. The van der Waals surface area contributed by atoms with Gasteiger partial charge in [-0.05, 0) is 80.0 Å². The number of carboxylic acids is 1. The van der Waals surface area contributed by atoms with Crippen LogP contribution in [0, 0.1) is 11.8 Å². The second-order valence-electron chi connectivity index (χ2n) is 16.7. The van der Waals surface area contributed by atoms with E-state index in [1.807, 2.05) is 13.8 Å². The number of aryl methyl sites for hydroxylation is 1. The Morgan fingerprint density at radius 3 is 2.06 bits per heavy atom. The maximum atomic E-state index is 14.5. The van der Waals surface area contributed by atoms with E-state index < -0.39 is 94.5 Å². The minimum absolute atomic E-state index is 0.0175. The summed E-state index contributed by atoms with van der Waals surface area (Å²) in [5.74, 6) is -4.71. The molecular weight excluding hydrogens is 819 g/mol. The molecule has 7 N–H and O–H groups in total. The number of rotatable bonds is 14. The number of benzene rings is 2. The van der Waals surface area contributed by atoms with E-state index in [1.54, 1.807) is 56.3 Å². The third-order valence-corrected chi connectivity index (χ3v) is 11.6. The quantitative estimate of drug-likeness (QED) is 0.146. The molecule has 6 unspecified atom stereocenters. The predicted octanol–water partition coefficient (Wildman–Crippen LogP) is 2.08. The van der Waals surface area contributed by atoms with E-state index in [0.29, 0.717) is 18.4 Å². The third kappa shape index (κ3) is 16.1. The van der Waals surface area contributed by atoms with Crippen molar-refractivity contribution in [1.29, 1.82) is 0 Å². The number of urea groups is 1. The molecule has 0 saturated carbocycles. The first-order chi connectivity index (χ1) is 29.3. The van der Waals surface area contributed by atoms with Crippen LogP contribution in [0.4, 0.5) is 4.79 Å². The normalized spacial score (nSPS) is 22.4. The van der Waals surface area contributed by atoms with E-state index in [1.165, 1.54) is 42.3 Å². The van der Waals surface area contributed by atoms with Crippen molar-refractivity contribution in [2.24, 2.45) is 11.8 Å². The highest BCUT2D eigenvalue weighted by Crippen LogP contribution is 2.20. The Morgan fingerprint density at radius 1 is 0.823 bits per heavy atom.